The average Bonchev–Trinajstić information content (AvgIpc) is 2.36. The smallest absolute Gasteiger partial charge is 0.416 e. The lowest BCUT2D eigenvalue weighted by molar-refractivity contribution is -0.139. The lowest BCUT2D eigenvalue weighted by Crippen LogP contribution is -2.18. The molecule has 0 fully saturated rings. The number of esters is 1. The van der Waals surface area contributed by atoms with E-state index in [2.05, 4.69) is 4.74 Å². The summed E-state index contributed by atoms with van der Waals surface area (Å²) in [5, 5.41) is 18.2. The third-order valence-electron chi connectivity index (χ3n) is 2.55. The number of rotatable bonds is 4. The number of ether oxygens (including phenoxy) is 1. The molecule has 0 saturated heterocycles. The van der Waals surface area contributed by atoms with Crippen LogP contribution >= 0.6 is 0 Å². The molecule has 0 heterocycles. The van der Waals surface area contributed by atoms with Crippen molar-refractivity contribution in [3.8, 4) is 0 Å². The molecule has 8 heteroatoms. The Bertz CT molecular complexity index is 502. The van der Waals surface area contributed by atoms with Crippen LogP contribution in [0.2, 0.25) is 0 Å². The molecule has 0 aromatic heterocycles. The molecule has 0 spiro atoms. The molecule has 0 saturated carbocycles. The van der Waals surface area contributed by atoms with Gasteiger partial charge in [-0.15, -0.1) is 0 Å². The van der Waals surface area contributed by atoms with E-state index in [1.54, 1.807) is 0 Å². The Morgan fingerprint density at radius 2 is 2.05 bits per heavy atom. The molecule has 1 aromatic carbocycles. The number of carbonyl (C=O) groups excluding carboxylic acids is 1. The largest absolute Gasteiger partial charge is 0.462 e. The van der Waals surface area contributed by atoms with Gasteiger partial charge in [-0.05, 0) is 24.6 Å². The van der Waals surface area contributed by atoms with Crippen LogP contribution in [0.3, 0.4) is 0 Å². The third-order valence-corrected chi connectivity index (χ3v) is 2.55. The predicted octanol–water partition coefficient (Wildman–Crippen LogP) is 1.49. The molecule has 0 unspecified atom stereocenters. The molecule has 5 nitrogen and oxygen atoms in total. The Kier molecular flexibility index (Phi) is 4.96. The zero-order valence-corrected chi connectivity index (χ0v) is 10.6. The third kappa shape index (κ3) is 3.40. The van der Waals surface area contributed by atoms with Crippen LogP contribution in [-0.4, -0.2) is 29.4 Å². The van der Waals surface area contributed by atoms with E-state index in [4.69, 9.17) is 10.8 Å². The molecule has 1 atom stereocenters. The quantitative estimate of drug-likeness (QED) is 0.578. The number of carbonyl (C=O) groups is 1. The Morgan fingerprint density at radius 3 is 2.50 bits per heavy atom. The number of nitrogens with two attached hydrogens (primary N) is 1. The van der Waals surface area contributed by atoms with Crippen molar-refractivity contribution in [3.63, 3.8) is 0 Å². The first-order chi connectivity index (χ1) is 9.22. The van der Waals surface area contributed by atoms with E-state index in [0.717, 1.165) is 6.07 Å². The van der Waals surface area contributed by atoms with Gasteiger partial charge >= 0.3 is 12.1 Å². The molecule has 0 radical (unpaired) electrons. The molecule has 4 N–H and O–H groups in total. The fourth-order valence-electron chi connectivity index (χ4n) is 1.64. The van der Waals surface area contributed by atoms with Crippen molar-refractivity contribution < 1.29 is 32.9 Å². The van der Waals surface area contributed by atoms with Crippen LogP contribution in [-0.2, 0) is 10.9 Å². The van der Waals surface area contributed by atoms with E-state index in [1.165, 1.54) is 6.92 Å². The molecule has 0 aliphatic heterocycles. The van der Waals surface area contributed by atoms with Gasteiger partial charge in [0.2, 0.25) is 0 Å². The highest BCUT2D eigenvalue weighted by molar-refractivity contribution is 5.95. The number of aliphatic hydroxyl groups excluding tert-OH is 2. The number of nitrogen functional groups attached to an aromatic ring is 1. The van der Waals surface area contributed by atoms with Gasteiger partial charge in [0.15, 0.2) is 0 Å². The number of alkyl halides is 3. The van der Waals surface area contributed by atoms with E-state index in [-0.39, 0.29) is 12.3 Å². The van der Waals surface area contributed by atoms with Gasteiger partial charge < -0.3 is 20.7 Å². The van der Waals surface area contributed by atoms with Crippen LogP contribution < -0.4 is 5.73 Å². The molecule has 1 aromatic rings. The van der Waals surface area contributed by atoms with Gasteiger partial charge in [0.25, 0.3) is 0 Å². The van der Waals surface area contributed by atoms with Crippen molar-refractivity contribution in [3.05, 3.63) is 28.8 Å². The molecule has 20 heavy (non-hydrogen) atoms. The first kappa shape index (κ1) is 16.3. The zero-order chi connectivity index (χ0) is 15.5. The van der Waals surface area contributed by atoms with Gasteiger partial charge in [0, 0.05) is 5.69 Å². The standard InChI is InChI=1S/C12H14F3NO4/c1-2-20-11(19)7-3-8(12(13,14)15)6(4-9(7)16)10(18)5-17/h3-4,10,17-18H,2,5,16H2,1H3/t10-/m0/s1. The first-order valence-corrected chi connectivity index (χ1v) is 5.69. The SMILES string of the molecule is CCOC(=O)c1cc(C(F)(F)F)c([C@@H](O)CO)cc1N. The van der Waals surface area contributed by atoms with Gasteiger partial charge in [-0.2, -0.15) is 13.2 Å². The highest BCUT2D eigenvalue weighted by Crippen LogP contribution is 2.37. The summed E-state index contributed by atoms with van der Waals surface area (Å²) >= 11 is 0. The highest BCUT2D eigenvalue weighted by atomic mass is 19.4. The highest BCUT2D eigenvalue weighted by Gasteiger charge is 2.36. The van der Waals surface area contributed by atoms with Gasteiger partial charge in [0.05, 0.1) is 24.3 Å². The van der Waals surface area contributed by atoms with Crippen molar-refractivity contribution in [2.24, 2.45) is 0 Å². The van der Waals surface area contributed by atoms with Gasteiger partial charge in [-0.1, -0.05) is 0 Å². The normalized spacial score (nSPS) is 13.1. The number of anilines is 1. The van der Waals surface area contributed by atoms with Crippen molar-refractivity contribution >= 4 is 11.7 Å². The number of aliphatic hydroxyl groups is 2. The van der Waals surface area contributed by atoms with Gasteiger partial charge in [-0.3, -0.25) is 0 Å². The maximum atomic E-state index is 12.9. The van der Waals surface area contributed by atoms with Crippen molar-refractivity contribution in [2.45, 2.75) is 19.2 Å². The van der Waals surface area contributed by atoms with Crippen molar-refractivity contribution in [1.29, 1.82) is 0 Å². The molecule has 0 aliphatic carbocycles. The van der Waals surface area contributed by atoms with Crippen LogP contribution in [0.5, 0.6) is 0 Å². The van der Waals surface area contributed by atoms with E-state index in [9.17, 15) is 23.1 Å². The van der Waals surface area contributed by atoms with E-state index >= 15 is 0 Å². The lowest BCUT2D eigenvalue weighted by atomic mass is 9.97. The minimum absolute atomic E-state index is 0.0133. The Morgan fingerprint density at radius 1 is 1.45 bits per heavy atom. The number of hydrogen-bond acceptors (Lipinski definition) is 5. The summed E-state index contributed by atoms with van der Waals surface area (Å²) < 4.78 is 43.4. The Labute approximate surface area is 112 Å². The second-order valence-electron chi connectivity index (χ2n) is 3.94. The van der Waals surface area contributed by atoms with Crippen LogP contribution in [0.25, 0.3) is 0 Å². The molecule has 112 valence electrons. The van der Waals surface area contributed by atoms with E-state index in [0.29, 0.717) is 6.07 Å². The maximum Gasteiger partial charge on any atom is 0.416 e. The minimum Gasteiger partial charge on any atom is -0.462 e. The summed E-state index contributed by atoms with van der Waals surface area (Å²) in [5.74, 6) is -0.986. The summed E-state index contributed by atoms with van der Waals surface area (Å²) in [5.41, 5.74) is 2.96. The predicted molar refractivity (Wildman–Crippen MR) is 63.9 cm³/mol. The monoisotopic (exact) mass is 293 g/mol. The number of hydrogen-bond donors (Lipinski definition) is 3. The van der Waals surface area contributed by atoms with Crippen LogP contribution in [0.15, 0.2) is 12.1 Å². The summed E-state index contributed by atoms with van der Waals surface area (Å²) in [6.07, 6.45) is -6.55. The van der Waals surface area contributed by atoms with Crippen LogP contribution in [0.1, 0.15) is 34.5 Å². The zero-order valence-electron chi connectivity index (χ0n) is 10.6. The van der Waals surface area contributed by atoms with Gasteiger partial charge in [0.1, 0.15) is 6.10 Å². The van der Waals surface area contributed by atoms with Gasteiger partial charge in [-0.25, -0.2) is 4.79 Å². The van der Waals surface area contributed by atoms with Crippen molar-refractivity contribution in [1.82, 2.24) is 0 Å². The Balaban J connectivity index is 3.44. The molecular formula is C12H14F3NO4. The average molecular weight is 293 g/mol. The molecular weight excluding hydrogens is 279 g/mol. The number of benzene rings is 1. The summed E-state index contributed by atoms with van der Waals surface area (Å²) in [7, 11) is 0. The molecule has 0 amide bonds. The first-order valence-electron chi connectivity index (χ1n) is 5.69. The summed E-state index contributed by atoms with van der Waals surface area (Å²) in [6.45, 7) is 0.588. The molecule has 0 aliphatic rings. The fourth-order valence-corrected chi connectivity index (χ4v) is 1.64. The Hall–Kier alpha value is -1.80. The number of halogens is 3. The maximum absolute atomic E-state index is 12.9. The van der Waals surface area contributed by atoms with E-state index < -0.39 is 41.5 Å². The summed E-state index contributed by atoms with van der Waals surface area (Å²) in [6, 6.07) is 1.33. The van der Waals surface area contributed by atoms with Crippen molar-refractivity contribution in [2.75, 3.05) is 18.9 Å². The fraction of sp³-hybridized carbons (Fsp3) is 0.417. The van der Waals surface area contributed by atoms with Crippen LogP contribution in [0.4, 0.5) is 18.9 Å². The second-order valence-corrected chi connectivity index (χ2v) is 3.94. The molecule has 1 rings (SSSR count). The van der Waals surface area contributed by atoms with E-state index in [1.807, 2.05) is 0 Å². The summed E-state index contributed by atoms with van der Waals surface area (Å²) in [4.78, 5) is 11.5. The topological polar surface area (TPSA) is 92.8 Å². The minimum atomic E-state index is -4.81. The second kappa shape index (κ2) is 6.10. The lowest BCUT2D eigenvalue weighted by Gasteiger charge is -2.18. The van der Waals surface area contributed by atoms with Crippen LogP contribution in [0, 0.1) is 0 Å². The molecule has 0 bridgehead atoms.